The van der Waals surface area contributed by atoms with Crippen LogP contribution in [-0.4, -0.2) is 51.1 Å². The zero-order valence-electron chi connectivity index (χ0n) is 13.6. The number of aromatic nitrogens is 3. The highest BCUT2D eigenvalue weighted by atomic mass is 35.5. The molecule has 0 aromatic carbocycles. The van der Waals surface area contributed by atoms with Crippen LogP contribution in [0.15, 0.2) is 41.2 Å². The molecule has 6 nitrogen and oxygen atoms in total. The summed E-state index contributed by atoms with van der Waals surface area (Å²) in [4.78, 5) is 14.7. The molecule has 1 fully saturated rings. The number of thiophene rings is 1. The van der Waals surface area contributed by atoms with E-state index in [1.165, 1.54) is 4.88 Å². The zero-order valence-corrected chi connectivity index (χ0v) is 15.2. The molecule has 3 aromatic rings. The number of hydrogen-bond acceptors (Lipinski definition) is 7. The molecule has 1 aliphatic heterocycles. The van der Waals surface area contributed by atoms with Gasteiger partial charge in [0, 0.05) is 55.6 Å². The molecule has 0 unspecified atom stereocenters. The van der Waals surface area contributed by atoms with E-state index in [2.05, 4.69) is 31.0 Å². The molecule has 1 saturated heterocycles. The maximum Gasteiger partial charge on any atom is 0.241 e. The van der Waals surface area contributed by atoms with Gasteiger partial charge in [-0.3, -0.25) is 14.8 Å². The van der Waals surface area contributed by atoms with Gasteiger partial charge >= 0.3 is 0 Å². The van der Waals surface area contributed by atoms with Gasteiger partial charge in [-0.15, -0.1) is 11.3 Å². The molecule has 4 rings (SSSR count). The Morgan fingerprint density at radius 3 is 2.56 bits per heavy atom. The van der Waals surface area contributed by atoms with Crippen molar-refractivity contribution >= 4 is 22.9 Å². The van der Waals surface area contributed by atoms with Crippen LogP contribution in [0.3, 0.4) is 0 Å². The monoisotopic (exact) mass is 375 g/mol. The van der Waals surface area contributed by atoms with Gasteiger partial charge in [-0.05, 0) is 24.3 Å². The zero-order chi connectivity index (χ0) is 17.1. The molecule has 0 N–H and O–H groups in total. The molecule has 1 aliphatic rings. The van der Waals surface area contributed by atoms with Gasteiger partial charge in [0.2, 0.25) is 11.7 Å². The van der Waals surface area contributed by atoms with Crippen LogP contribution in [-0.2, 0) is 13.1 Å². The summed E-state index contributed by atoms with van der Waals surface area (Å²) < 4.78 is 6.25. The summed E-state index contributed by atoms with van der Waals surface area (Å²) in [6.07, 6.45) is 3.47. The molecular weight excluding hydrogens is 358 g/mol. The van der Waals surface area contributed by atoms with Crippen molar-refractivity contribution in [2.75, 3.05) is 26.2 Å². The van der Waals surface area contributed by atoms with Crippen molar-refractivity contribution in [2.24, 2.45) is 0 Å². The molecule has 0 atom stereocenters. The molecule has 0 saturated carbocycles. The van der Waals surface area contributed by atoms with Gasteiger partial charge < -0.3 is 4.52 Å². The molecule has 0 bridgehead atoms. The molecular formula is C17H18ClN5OS. The van der Waals surface area contributed by atoms with Gasteiger partial charge in [-0.25, -0.2) is 0 Å². The average molecular weight is 376 g/mol. The van der Waals surface area contributed by atoms with Crippen LogP contribution < -0.4 is 0 Å². The number of nitrogens with zero attached hydrogens (tertiary/aromatic N) is 5. The van der Waals surface area contributed by atoms with Gasteiger partial charge in [0.05, 0.1) is 10.9 Å². The van der Waals surface area contributed by atoms with E-state index in [9.17, 15) is 0 Å². The fourth-order valence-electron chi connectivity index (χ4n) is 2.89. The van der Waals surface area contributed by atoms with Crippen LogP contribution in [0.5, 0.6) is 0 Å². The molecule has 8 heteroatoms. The minimum atomic E-state index is 0.594. The van der Waals surface area contributed by atoms with Gasteiger partial charge in [0.1, 0.15) is 0 Å². The third-order valence-corrected chi connectivity index (χ3v) is 5.44. The Labute approximate surface area is 155 Å². The van der Waals surface area contributed by atoms with Gasteiger partial charge in [0.25, 0.3) is 0 Å². The van der Waals surface area contributed by atoms with E-state index in [0.29, 0.717) is 18.3 Å². The summed E-state index contributed by atoms with van der Waals surface area (Å²) in [5, 5.41) is 4.05. The Bertz CT molecular complexity index is 813. The molecule has 4 heterocycles. The maximum absolute atomic E-state index is 6.00. The second-order valence-corrected chi connectivity index (χ2v) is 7.81. The first-order chi connectivity index (χ1) is 12.3. The summed E-state index contributed by atoms with van der Waals surface area (Å²) in [5.74, 6) is 1.24. The van der Waals surface area contributed by atoms with Crippen LogP contribution >= 0.6 is 22.9 Å². The summed E-state index contributed by atoms with van der Waals surface area (Å²) in [5.41, 5.74) is 0.872. The topological polar surface area (TPSA) is 58.3 Å². The van der Waals surface area contributed by atoms with Crippen LogP contribution in [0.2, 0.25) is 4.34 Å². The predicted molar refractivity (Wildman–Crippen MR) is 97.4 cm³/mol. The fourth-order valence-corrected chi connectivity index (χ4v) is 4.02. The minimum Gasteiger partial charge on any atom is -0.338 e. The first-order valence-corrected chi connectivity index (χ1v) is 9.37. The van der Waals surface area contributed by atoms with E-state index in [4.69, 9.17) is 16.1 Å². The van der Waals surface area contributed by atoms with E-state index in [1.54, 1.807) is 23.7 Å². The highest BCUT2D eigenvalue weighted by Gasteiger charge is 2.20. The van der Waals surface area contributed by atoms with E-state index in [1.807, 2.05) is 18.2 Å². The number of halogens is 1. The number of pyridine rings is 1. The van der Waals surface area contributed by atoms with Crippen LogP contribution in [0, 0.1) is 0 Å². The van der Waals surface area contributed by atoms with Crippen LogP contribution in [0.25, 0.3) is 11.4 Å². The number of hydrogen-bond donors (Lipinski definition) is 0. The van der Waals surface area contributed by atoms with Crippen molar-refractivity contribution in [1.29, 1.82) is 0 Å². The first-order valence-electron chi connectivity index (χ1n) is 8.18. The van der Waals surface area contributed by atoms with Crippen molar-refractivity contribution in [3.63, 3.8) is 0 Å². The Morgan fingerprint density at radius 2 is 1.88 bits per heavy atom. The van der Waals surface area contributed by atoms with Gasteiger partial charge in [0.15, 0.2) is 0 Å². The average Bonchev–Trinajstić information content (AvgIpc) is 3.27. The molecule has 0 amide bonds. The molecule has 0 spiro atoms. The second-order valence-electron chi connectivity index (χ2n) is 6.01. The Morgan fingerprint density at radius 1 is 1.08 bits per heavy atom. The first kappa shape index (κ1) is 16.7. The third kappa shape index (κ3) is 4.24. The van der Waals surface area contributed by atoms with Gasteiger partial charge in [-0.2, -0.15) is 4.98 Å². The SMILES string of the molecule is Clc1ccc(CN2CCN(Cc3nc(-c4cccnc4)no3)CC2)s1. The Hall–Kier alpha value is -1.80. The fraction of sp³-hybridized carbons (Fsp3) is 0.353. The molecule has 25 heavy (non-hydrogen) atoms. The van der Waals surface area contributed by atoms with E-state index in [0.717, 1.165) is 42.6 Å². The van der Waals surface area contributed by atoms with Crippen LogP contribution in [0.1, 0.15) is 10.8 Å². The van der Waals surface area contributed by atoms with Gasteiger partial charge in [-0.1, -0.05) is 16.8 Å². The van der Waals surface area contributed by atoms with Crippen molar-refractivity contribution in [2.45, 2.75) is 13.1 Å². The summed E-state index contributed by atoms with van der Waals surface area (Å²) in [6, 6.07) is 7.87. The van der Waals surface area contributed by atoms with Crippen LogP contribution in [0.4, 0.5) is 0 Å². The highest BCUT2D eigenvalue weighted by Crippen LogP contribution is 2.23. The summed E-state index contributed by atoms with van der Waals surface area (Å²) in [7, 11) is 0. The molecule has 3 aromatic heterocycles. The second kappa shape index (κ2) is 7.61. The highest BCUT2D eigenvalue weighted by molar-refractivity contribution is 7.16. The van der Waals surface area contributed by atoms with Crippen molar-refractivity contribution < 1.29 is 4.52 Å². The normalized spacial score (nSPS) is 16.4. The molecule has 0 aliphatic carbocycles. The Balaban J connectivity index is 1.29. The van der Waals surface area contributed by atoms with Crippen molar-refractivity contribution in [1.82, 2.24) is 24.9 Å². The number of rotatable bonds is 5. The standard InChI is InChI=1S/C17H18ClN5OS/c18-15-4-3-14(25-15)11-22-6-8-23(9-7-22)12-16-20-17(21-24-16)13-2-1-5-19-10-13/h1-5,10H,6-9,11-12H2. The summed E-state index contributed by atoms with van der Waals surface area (Å²) in [6.45, 7) is 5.69. The lowest BCUT2D eigenvalue weighted by Gasteiger charge is -2.33. The smallest absolute Gasteiger partial charge is 0.241 e. The maximum atomic E-state index is 6.00. The van der Waals surface area contributed by atoms with Crippen molar-refractivity contribution in [3.8, 4) is 11.4 Å². The lowest BCUT2D eigenvalue weighted by Crippen LogP contribution is -2.45. The predicted octanol–water partition coefficient (Wildman–Crippen LogP) is 3.16. The van der Waals surface area contributed by atoms with Crippen molar-refractivity contribution in [3.05, 3.63) is 51.8 Å². The quantitative estimate of drug-likeness (QED) is 0.682. The van der Waals surface area contributed by atoms with E-state index < -0.39 is 0 Å². The van der Waals surface area contributed by atoms with E-state index in [-0.39, 0.29) is 0 Å². The minimum absolute atomic E-state index is 0.594. The summed E-state index contributed by atoms with van der Waals surface area (Å²) >= 11 is 7.66. The van der Waals surface area contributed by atoms with E-state index >= 15 is 0 Å². The molecule has 130 valence electrons. The Kier molecular flexibility index (Phi) is 5.07. The third-order valence-electron chi connectivity index (χ3n) is 4.22. The lowest BCUT2D eigenvalue weighted by molar-refractivity contribution is 0.113. The largest absolute Gasteiger partial charge is 0.338 e. The number of piperazine rings is 1. The lowest BCUT2D eigenvalue weighted by atomic mass is 10.3. The molecule has 0 radical (unpaired) electrons.